The Balaban J connectivity index is 1.35. The van der Waals surface area contributed by atoms with Crippen LogP contribution in [0.25, 0.3) is 10.8 Å². The summed E-state index contributed by atoms with van der Waals surface area (Å²) in [5.41, 5.74) is 1.67. The van der Waals surface area contributed by atoms with E-state index in [9.17, 15) is 18.8 Å². The van der Waals surface area contributed by atoms with Crippen LogP contribution in [0.2, 0.25) is 0 Å². The summed E-state index contributed by atoms with van der Waals surface area (Å²) >= 11 is 0. The molecule has 4 rings (SSSR count). The summed E-state index contributed by atoms with van der Waals surface area (Å²) < 4.78 is 19.6. The van der Waals surface area contributed by atoms with Crippen LogP contribution in [-0.4, -0.2) is 29.1 Å². The number of H-pyrrole nitrogens is 1. The molecule has 2 amide bonds. The van der Waals surface area contributed by atoms with Crippen molar-refractivity contribution in [3.8, 4) is 5.75 Å². The summed E-state index contributed by atoms with van der Waals surface area (Å²) in [5.74, 6) is -0.672. The number of aromatic amines is 1. The molecule has 8 nitrogen and oxygen atoms in total. The Hall–Kier alpha value is -4.53. The number of nitrogens with zero attached hydrogens (tertiary/aromatic N) is 1. The van der Waals surface area contributed by atoms with Gasteiger partial charge in [0.1, 0.15) is 11.6 Å². The Morgan fingerprint density at radius 3 is 2.33 bits per heavy atom. The highest BCUT2D eigenvalue weighted by Crippen LogP contribution is 2.24. The van der Waals surface area contributed by atoms with Crippen molar-refractivity contribution in [3.63, 3.8) is 0 Å². The number of rotatable bonds is 9. The molecule has 0 spiro atoms. The highest BCUT2D eigenvalue weighted by molar-refractivity contribution is 5.94. The number of methoxy groups -OCH3 is 1. The van der Waals surface area contributed by atoms with Gasteiger partial charge in [0.2, 0.25) is 11.8 Å². The molecule has 1 heterocycles. The van der Waals surface area contributed by atoms with Gasteiger partial charge in [0.05, 0.1) is 29.6 Å². The molecule has 3 N–H and O–H groups in total. The second-order valence-corrected chi connectivity index (χ2v) is 8.19. The summed E-state index contributed by atoms with van der Waals surface area (Å²) in [4.78, 5) is 36.6. The van der Waals surface area contributed by atoms with Gasteiger partial charge in [-0.2, -0.15) is 5.10 Å². The fourth-order valence-corrected chi connectivity index (χ4v) is 3.86. The lowest BCUT2D eigenvalue weighted by atomic mass is 10.0. The minimum Gasteiger partial charge on any atom is -0.495 e. The quantitative estimate of drug-likeness (QED) is 0.323. The van der Waals surface area contributed by atoms with Gasteiger partial charge in [-0.25, -0.2) is 9.49 Å². The third kappa shape index (κ3) is 5.93. The van der Waals surface area contributed by atoms with Crippen molar-refractivity contribution in [2.75, 3.05) is 17.7 Å². The molecule has 3 aromatic carbocycles. The Bertz CT molecular complexity index is 1470. The largest absolute Gasteiger partial charge is 0.495 e. The van der Waals surface area contributed by atoms with E-state index in [2.05, 4.69) is 20.8 Å². The predicted octanol–water partition coefficient (Wildman–Crippen LogP) is 4.41. The maximum Gasteiger partial charge on any atom is 0.272 e. The molecule has 0 unspecified atom stereocenters. The van der Waals surface area contributed by atoms with Crippen LogP contribution in [0.4, 0.5) is 15.8 Å². The van der Waals surface area contributed by atoms with E-state index in [-0.39, 0.29) is 30.0 Å². The molecular weight excluding hydrogens is 463 g/mol. The highest BCUT2D eigenvalue weighted by atomic mass is 19.1. The summed E-state index contributed by atoms with van der Waals surface area (Å²) in [6.07, 6.45) is 0.805. The van der Waals surface area contributed by atoms with Gasteiger partial charge >= 0.3 is 0 Å². The van der Waals surface area contributed by atoms with Gasteiger partial charge in [-0.1, -0.05) is 36.4 Å². The highest BCUT2D eigenvalue weighted by Gasteiger charge is 2.13. The molecule has 0 aliphatic heterocycles. The summed E-state index contributed by atoms with van der Waals surface area (Å²) in [5, 5.41) is 13.2. The van der Waals surface area contributed by atoms with Crippen molar-refractivity contribution in [3.05, 3.63) is 94.2 Å². The number of anilines is 2. The van der Waals surface area contributed by atoms with Gasteiger partial charge < -0.3 is 15.4 Å². The minimum absolute atomic E-state index is 0.0460. The van der Waals surface area contributed by atoms with Crippen molar-refractivity contribution in [1.82, 2.24) is 10.2 Å². The Kier molecular flexibility index (Phi) is 7.69. The number of fused-ring (bicyclic) bond motifs is 1. The first kappa shape index (κ1) is 24.6. The molecular formula is C27H25FN4O4. The lowest BCUT2D eigenvalue weighted by molar-refractivity contribution is -0.117. The van der Waals surface area contributed by atoms with E-state index < -0.39 is 11.7 Å². The third-order valence-corrected chi connectivity index (χ3v) is 5.64. The van der Waals surface area contributed by atoms with E-state index in [1.165, 1.54) is 13.2 Å². The topological polar surface area (TPSA) is 113 Å². The van der Waals surface area contributed by atoms with E-state index in [1.54, 1.807) is 48.5 Å². The lowest BCUT2D eigenvalue weighted by Gasteiger charge is -2.11. The zero-order valence-electron chi connectivity index (χ0n) is 19.6. The smallest absolute Gasteiger partial charge is 0.272 e. The zero-order chi connectivity index (χ0) is 25.5. The molecule has 0 saturated carbocycles. The van der Waals surface area contributed by atoms with Gasteiger partial charge in [-0.3, -0.25) is 14.4 Å². The number of benzene rings is 3. The molecule has 0 aliphatic rings. The van der Waals surface area contributed by atoms with Gasteiger partial charge in [0.25, 0.3) is 5.56 Å². The number of carbonyl (C=O) groups excluding carboxylic acids is 2. The van der Waals surface area contributed by atoms with Crippen LogP contribution in [0, 0.1) is 5.82 Å². The minimum atomic E-state index is -0.569. The average molecular weight is 489 g/mol. The zero-order valence-corrected chi connectivity index (χ0v) is 19.6. The van der Waals surface area contributed by atoms with E-state index in [0.29, 0.717) is 46.3 Å². The molecule has 1 aromatic heterocycles. The predicted molar refractivity (Wildman–Crippen MR) is 136 cm³/mol. The number of halogens is 1. The molecule has 0 saturated heterocycles. The molecule has 0 atom stereocenters. The van der Waals surface area contributed by atoms with E-state index in [0.717, 1.165) is 0 Å². The number of nitrogens with one attached hydrogen (secondary N) is 3. The number of hydrogen-bond acceptors (Lipinski definition) is 5. The number of amides is 2. The Labute approximate surface area is 206 Å². The first-order valence-corrected chi connectivity index (χ1v) is 11.4. The van der Waals surface area contributed by atoms with Crippen molar-refractivity contribution >= 4 is 34.0 Å². The van der Waals surface area contributed by atoms with Gasteiger partial charge in [0, 0.05) is 24.6 Å². The van der Waals surface area contributed by atoms with Crippen LogP contribution in [-0.2, 0) is 16.0 Å². The lowest BCUT2D eigenvalue weighted by Crippen LogP contribution is -2.16. The molecule has 0 fully saturated rings. The van der Waals surface area contributed by atoms with Crippen LogP contribution in [0.1, 0.15) is 30.5 Å². The summed E-state index contributed by atoms with van der Waals surface area (Å²) in [7, 11) is 1.52. The fraction of sp³-hybridized carbons (Fsp3) is 0.185. The Morgan fingerprint density at radius 2 is 1.58 bits per heavy atom. The van der Waals surface area contributed by atoms with Crippen LogP contribution >= 0.6 is 0 Å². The van der Waals surface area contributed by atoms with E-state index in [4.69, 9.17) is 4.74 Å². The fourth-order valence-electron chi connectivity index (χ4n) is 3.86. The molecule has 9 heteroatoms. The third-order valence-electron chi connectivity index (χ3n) is 5.64. The second kappa shape index (κ2) is 11.3. The maximum atomic E-state index is 14.4. The van der Waals surface area contributed by atoms with Crippen molar-refractivity contribution in [1.29, 1.82) is 0 Å². The van der Waals surface area contributed by atoms with E-state index >= 15 is 0 Å². The monoisotopic (exact) mass is 488 g/mol. The normalized spacial score (nSPS) is 10.7. The van der Waals surface area contributed by atoms with Crippen LogP contribution < -0.4 is 20.9 Å². The molecule has 0 radical (unpaired) electrons. The first-order valence-electron chi connectivity index (χ1n) is 11.4. The summed E-state index contributed by atoms with van der Waals surface area (Å²) in [6, 6.07) is 18.6. The van der Waals surface area contributed by atoms with Crippen LogP contribution in [0.3, 0.4) is 0 Å². The van der Waals surface area contributed by atoms with Crippen LogP contribution in [0.5, 0.6) is 5.75 Å². The first-order chi connectivity index (χ1) is 17.4. The number of aromatic nitrogens is 2. The van der Waals surface area contributed by atoms with Crippen molar-refractivity contribution in [2.24, 2.45) is 0 Å². The SMILES string of the molecule is COc1ccccc1NC(=O)CCCC(=O)Nc1cc(Cc2n[nH]c(=O)c3ccccc23)ccc1F. The number of carbonyl (C=O) groups is 2. The van der Waals surface area contributed by atoms with Gasteiger partial charge in [-0.15, -0.1) is 0 Å². The second-order valence-electron chi connectivity index (χ2n) is 8.19. The number of para-hydroxylation sites is 2. The molecule has 0 bridgehead atoms. The van der Waals surface area contributed by atoms with Crippen molar-refractivity contribution < 1.29 is 18.7 Å². The van der Waals surface area contributed by atoms with Gasteiger partial charge in [-0.05, 0) is 42.3 Å². The van der Waals surface area contributed by atoms with Crippen LogP contribution in [0.15, 0.2) is 71.5 Å². The molecule has 36 heavy (non-hydrogen) atoms. The number of hydrogen-bond donors (Lipinski definition) is 3. The molecule has 0 aliphatic carbocycles. The van der Waals surface area contributed by atoms with Gasteiger partial charge in [0.15, 0.2) is 0 Å². The number of ether oxygens (including phenoxy) is 1. The van der Waals surface area contributed by atoms with E-state index in [1.807, 2.05) is 12.1 Å². The molecule has 4 aromatic rings. The average Bonchev–Trinajstić information content (AvgIpc) is 2.88. The summed E-state index contributed by atoms with van der Waals surface area (Å²) in [6.45, 7) is 0. The standard InChI is InChI=1S/C27H25FN4O4/c1-36-24-10-5-4-9-21(24)29-25(33)11-6-12-26(34)30-23-16-17(13-14-20(23)28)15-22-18-7-2-3-8-19(18)27(35)32-31-22/h2-5,7-10,13-14,16H,6,11-12,15H2,1H3,(H,29,33)(H,30,34)(H,32,35). The molecule has 184 valence electrons. The maximum absolute atomic E-state index is 14.4. The Morgan fingerprint density at radius 1 is 0.917 bits per heavy atom. The van der Waals surface area contributed by atoms with Crippen molar-refractivity contribution in [2.45, 2.75) is 25.7 Å².